The maximum atomic E-state index is 12.0. The van der Waals surface area contributed by atoms with Gasteiger partial charge in [-0.15, -0.1) is 0 Å². The number of oxazole rings is 1. The zero-order chi connectivity index (χ0) is 16.9. The molecule has 0 spiro atoms. The van der Waals surface area contributed by atoms with Crippen LogP contribution in [0.5, 0.6) is 5.75 Å². The van der Waals surface area contributed by atoms with Crippen LogP contribution in [0.4, 0.5) is 5.69 Å². The number of hydrogen-bond acceptors (Lipinski definition) is 4. The van der Waals surface area contributed by atoms with Crippen LogP contribution in [-0.2, 0) is 4.79 Å². The summed E-state index contributed by atoms with van der Waals surface area (Å²) < 4.78 is 11.1. The van der Waals surface area contributed by atoms with E-state index >= 15 is 0 Å². The number of amides is 1. The Morgan fingerprint density at radius 1 is 1.21 bits per heavy atom. The van der Waals surface area contributed by atoms with Gasteiger partial charge in [-0.2, -0.15) is 0 Å². The van der Waals surface area contributed by atoms with E-state index in [0.717, 1.165) is 28.1 Å². The molecule has 1 heterocycles. The maximum absolute atomic E-state index is 12.0. The topological polar surface area (TPSA) is 64.4 Å². The summed E-state index contributed by atoms with van der Waals surface area (Å²) in [4.78, 5) is 16.3. The first-order valence-electron chi connectivity index (χ1n) is 7.97. The van der Waals surface area contributed by atoms with Crippen molar-refractivity contribution < 1.29 is 13.9 Å². The monoisotopic (exact) mass is 324 g/mol. The predicted octanol–water partition coefficient (Wildman–Crippen LogP) is 4.24. The molecule has 5 heteroatoms. The Morgan fingerprint density at radius 2 is 2.04 bits per heavy atom. The summed E-state index contributed by atoms with van der Waals surface area (Å²) in [6.45, 7) is 4.32. The van der Waals surface area contributed by atoms with Crippen molar-refractivity contribution in [2.24, 2.45) is 0 Å². The average Bonchev–Trinajstić information content (AvgIpc) is 2.92. The average molecular weight is 324 g/mol. The lowest BCUT2D eigenvalue weighted by molar-refractivity contribution is -0.116. The molecule has 0 bridgehead atoms. The number of aromatic nitrogens is 1. The molecule has 0 unspecified atom stereocenters. The van der Waals surface area contributed by atoms with Gasteiger partial charge in [-0.1, -0.05) is 18.2 Å². The smallest absolute Gasteiger partial charge is 0.224 e. The molecule has 0 atom stereocenters. The number of carbonyl (C=O) groups is 1. The van der Waals surface area contributed by atoms with E-state index < -0.39 is 0 Å². The minimum Gasteiger partial charge on any atom is -0.493 e. The zero-order valence-corrected chi connectivity index (χ0v) is 13.8. The summed E-state index contributed by atoms with van der Waals surface area (Å²) in [5, 5.41) is 2.88. The summed E-state index contributed by atoms with van der Waals surface area (Å²) >= 11 is 0. The largest absolute Gasteiger partial charge is 0.493 e. The van der Waals surface area contributed by atoms with E-state index in [-0.39, 0.29) is 5.91 Å². The van der Waals surface area contributed by atoms with Gasteiger partial charge in [-0.05, 0) is 43.2 Å². The highest BCUT2D eigenvalue weighted by Gasteiger charge is 2.07. The number of ether oxygens (including phenoxy) is 1. The number of hydrogen-bond donors (Lipinski definition) is 1. The highest BCUT2D eigenvalue weighted by molar-refractivity contribution is 5.92. The fourth-order valence-electron chi connectivity index (χ4n) is 2.48. The molecule has 3 aromatic rings. The zero-order valence-electron chi connectivity index (χ0n) is 13.8. The van der Waals surface area contributed by atoms with Crippen LogP contribution in [-0.4, -0.2) is 17.5 Å². The number of rotatable bonds is 6. The van der Waals surface area contributed by atoms with Crippen molar-refractivity contribution in [2.45, 2.75) is 26.7 Å². The lowest BCUT2D eigenvalue weighted by Gasteiger charge is -2.09. The Bertz CT molecular complexity index is 855. The predicted molar refractivity (Wildman–Crippen MR) is 93.3 cm³/mol. The Labute approximate surface area is 140 Å². The molecule has 0 saturated carbocycles. The van der Waals surface area contributed by atoms with Gasteiger partial charge in [-0.3, -0.25) is 4.79 Å². The van der Waals surface area contributed by atoms with E-state index in [0.29, 0.717) is 25.3 Å². The lowest BCUT2D eigenvalue weighted by Crippen LogP contribution is -2.12. The number of fused-ring (bicyclic) bond motifs is 1. The van der Waals surface area contributed by atoms with E-state index in [2.05, 4.69) is 10.3 Å². The van der Waals surface area contributed by atoms with Crippen molar-refractivity contribution in [1.82, 2.24) is 4.98 Å². The number of benzene rings is 2. The number of nitrogens with one attached hydrogen (secondary N) is 1. The van der Waals surface area contributed by atoms with Crippen molar-refractivity contribution in [1.29, 1.82) is 0 Å². The summed E-state index contributed by atoms with van der Waals surface area (Å²) in [6, 6.07) is 13.3. The van der Waals surface area contributed by atoms with Gasteiger partial charge in [0.1, 0.15) is 11.3 Å². The molecular formula is C19H20N2O3. The third-order valence-corrected chi connectivity index (χ3v) is 3.68. The Hall–Kier alpha value is -2.82. The van der Waals surface area contributed by atoms with E-state index in [1.165, 1.54) is 0 Å². The molecule has 0 fully saturated rings. The van der Waals surface area contributed by atoms with Crippen LogP contribution in [0.1, 0.15) is 24.3 Å². The fraction of sp³-hybridized carbons (Fsp3) is 0.263. The van der Waals surface area contributed by atoms with E-state index in [4.69, 9.17) is 9.15 Å². The van der Waals surface area contributed by atoms with Gasteiger partial charge < -0.3 is 14.5 Å². The number of nitrogens with zero attached hydrogens (tertiary/aromatic N) is 1. The highest BCUT2D eigenvalue weighted by Crippen LogP contribution is 2.20. The van der Waals surface area contributed by atoms with Crippen LogP contribution >= 0.6 is 0 Å². The molecule has 1 N–H and O–H groups in total. The molecule has 0 saturated heterocycles. The molecule has 3 rings (SSSR count). The number of anilines is 1. The van der Waals surface area contributed by atoms with E-state index in [1.54, 1.807) is 6.92 Å². The molecule has 124 valence electrons. The van der Waals surface area contributed by atoms with Crippen LogP contribution in [0.2, 0.25) is 0 Å². The van der Waals surface area contributed by atoms with Gasteiger partial charge in [0.05, 0.1) is 6.61 Å². The van der Waals surface area contributed by atoms with Crippen molar-refractivity contribution in [3.8, 4) is 5.75 Å². The summed E-state index contributed by atoms with van der Waals surface area (Å²) in [7, 11) is 0. The van der Waals surface area contributed by atoms with Gasteiger partial charge in [0.2, 0.25) is 5.91 Å². The minimum absolute atomic E-state index is 0.0389. The molecule has 5 nitrogen and oxygen atoms in total. The summed E-state index contributed by atoms with van der Waals surface area (Å²) in [5.74, 6) is 1.44. The molecule has 0 aliphatic carbocycles. The number of carbonyl (C=O) groups excluding carboxylic acids is 1. The Kier molecular flexibility index (Phi) is 4.79. The SMILES string of the molecule is Cc1nc2cc(NC(=O)CCCOc3ccccc3C)ccc2o1. The third-order valence-electron chi connectivity index (χ3n) is 3.68. The molecule has 1 amide bonds. The first kappa shape index (κ1) is 16.1. The van der Waals surface area contributed by atoms with E-state index in [1.807, 2.05) is 49.4 Å². The quantitative estimate of drug-likeness (QED) is 0.689. The van der Waals surface area contributed by atoms with Crippen LogP contribution < -0.4 is 10.1 Å². The molecule has 24 heavy (non-hydrogen) atoms. The third kappa shape index (κ3) is 3.93. The molecule has 2 aromatic carbocycles. The van der Waals surface area contributed by atoms with Gasteiger partial charge in [0.15, 0.2) is 11.5 Å². The Morgan fingerprint density at radius 3 is 2.88 bits per heavy atom. The van der Waals surface area contributed by atoms with Crippen LogP contribution in [0.25, 0.3) is 11.1 Å². The second-order valence-corrected chi connectivity index (χ2v) is 5.68. The molecule has 0 aliphatic rings. The van der Waals surface area contributed by atoms with Crippen molar-refractivity contribution in [2.75, 3.05) is 11.9 Å². The molecular weight excluding hydrogens is 304 g/mol. The standard InChI is InChI=1S/C19H20N2O3/c1-13-6-3-4-7-17(13)23-11-5-8-19(22)21-15-9-10-18-16(12-15)20-14(2)24-18/h3-4,6-7,9-10,12H,5,8,11H2,1-2H3,(H,21,22). The first-order valence-corrected chi connectivity index (χ1v) is 7.97. The normalized spacial score (nSPS) is 10.8. The second kappa shape index (κ2) is 7.17. The van der Waals surface area contributed by atoms with Crippen LogP contribution in [0, 0.1) is 13.8 Å². The van der Waals surface area contributed by atoms with Gasteiger partial charge in [0, 0.05) is 19.0 Å². The summed E-state index contributed by atoms with van der Waals surface area (Å²) in [5.41, 5.74) is 3.28. The lowest BCUT2D eigenvalue weighted by atomic mass is 10.2. The van der Waals surface area contributed by atoms with Gasteiger partial charge >= 0.3 is 0 Å². The summed E-state index contributed by atoms with van der Waals surface area (Å²) in [6.07, 6.45) is 1.06. The highest BCUT2D eigenvalue weighted by atomic mass is 16.5. The minimum atomic E-state index is -0.0389. The van der Waals surface area contributed by atoms with Crippen molar-refractivity contribution >= 4 is 22.7 Å². The van der Waals surface area contributed by atoms with Crippen LogP contribution in [0.15, 0.2) is 46.9 Å². The van der Waals surface area contributed by atoms with E-state index in [9.17, 15) is 4.79 Å². The Balaban J connectivity index is 1.47. The molecule has 1 aromatic heterocycles. The second-order valence-electron chi connectivity index (χ2n) is 5.68. The van der Waals surface area contributed by atoms with Crippen molar-refractivity contribution in [3.05, 3.63) is 53.9 Å². The number of aryl methyl sites for hydroxylation is 2. The molecule has 0 radical (unpaired) electrons. The molecule has 0 aliphatic heterocycles. The van der Waals surface area contributed by atoms with Crippen LogP contribution in [0.3, 0.4) is 0 Å². The first-order chi connectivity index (χ1) is 11.6. The maximum Gasteiger partial charge on any atom is 0.224 e. The van der Waals surface area contributed by atoms with Gasteiger partial charge in [0.25, 0.3) is 0 Å². The van der Waals surface area contributed by atoms with Gasteiger partial charge in [-0.25, -0.2) is 4.98 Å². The van der Waals surface area contributed by atoms with Crippen molar-refractivity contribution in [3.63, 3.8) is 0 Å². The fourth-order valence-corrected chi connectivity index (χ4v) is 2.48. The number of para-hydroxylation sites is 1.